The molecule has 68 valence electrons. The van der Waals surface area contributed by atoms with Crippen LogP contribution in [0.1, 0.15) is 26.2 Å². The summed E-state index contributed by atoms with van der Waals surface area (Å²) in [5, 5.41) is 3.22. The molecule has 1 atom stereocenters. The Kier molecular flexibility index (Phi) is 2.18. The van der Waals surface area contributed by atoms with Crippen LogP contribution in [0.2, 0.25) is 0 Å². The van der Waals surface area contributed by atoms with E-state index in [2.05, 4.69) is 12.2 Å². The predicted octanol–water partition coefficient (Wildman–Crippen LogP) is 1.21. The minimum absolute atomic E-state index is 0.316. The summed E-state index contributed by atoms with van der Waals surface area (Å²) in [4.78, 5) is 11.7. The quantitative estimate of drug-likeness (QED) is 0.684. The standard InChI is InChI=1S/C10H17NO/c1-7(9-5-11-6-9)10(12)8-3-2-4-8/h7-9,11H,2-6H2,1H3. The number of ketones is 1. The van der Waals surface area contributed by atoms with E-state index in [0.29, 0.717) is 23.5 Å². The minimum Gasteiger partial charge on any atom is -0.316 e. The lowest BCUT2D eigenvalue weighted by atomic mass is 9.74. The third kappa shape index (κ3) is 1.28. The van der Waals surface area contributed by atoms with Crippen LogP contribution in [0.15, 0.2) is 0 Å². The number of carbonyl (C=O) groups is 1. The van der Waals surface area contributed by atoms with Gasteiger partial charge in [-0.15, -0.1) is 0 Å². The van der Waals surface area contributed by atoms with E-state index >= 15 is 0 Å². The zero-order valence-electron chi connectivity index (χ0n) is 7.68. The summed E-state index contributed by atoms with van der Waals surface area (Å²) in [7, 11) is 0. The zero-order valence-corrected chi connectivity index (χ0v) is 7.68. The molecule has 0 aromatic carbocycles. The Balaban J connectivity index is 1.84. The fraction of sp³-hybridized carbons (Fsp3) is 0.900. The van der Waals surface area contributed by atoms with Crippen molar-refractivity contribution in [2.75, 3.05) is 13.1 Å². The molecule has 0 spiro atoms. The van der Waals surface area contributed by atoms with Gasteiger partial charge >= 0.3 is 0 Å². The second-order valence-electron chi connectivity index (χ2n) is 4.24. The first kappa shape index (κ1) is 8.24. The predicted molar refractivity (Wildman–Crippen MR) is 47.9 cm³/mol. The van der Waals surface area contributed by atoms with Gasteiger partial charge in [-0.25, -0.2) is 0 Å². The first-order valence-corrected chi connectivity index (χ1v) is 5.03. The van der Waals surface area contributed by atoms with Crippen molar-refractivity contribution in [3.05, 3.63) is 0 Å². The maximum absolute atomic E-state index is 11.7. The highest BCUT2D eigenvalue weighted by Crippen LogP contribution is 2.32. The molecular weight excluding hydrogens is 150 g/mol. The van der Waals surface area contributed by atoms with Gasteiger partial charge in [-0.2, -0.15) is 0 Å². The summed E-state index contributed by atoms with van der Waals surface area (Å²) < 4.78 is 0. The lowest BCUT2D eigenvalue weighted by molar-refractivity contribution is -0.131. The summed E-state index contributed by atoms with van der Waals surface area (Å²) in [6.45, 7) is 4.21. The van der Waals surface area contributed by atoms with Crippen molar-refractivity contribution in [3.8, 4) is 0 Å². The molecule has 1 heterocycles. The largest absolute Gasteiger partial charge is 0.316 e. The van der Waals surface area contributed by atoms with Gasteiger partial charge in [0, 0.05) is 11.8 Å². The van der Waals surface area contributed by atoms with E-state index in [1.54, 1.807) is 0 Å². The Morgan fingerprint density at radius 1 is 1.42 bits per heavy atom. The SMILES string of the molecule is CC(C(=O)C1CCC1)C1CNC1. The van der Waals surface area contributed by atoms with Crippen molar-refractivity contribution in [2.24, 2.45) is 17.8 Å². The third-order valence-electron chi connectivity index (χ3n) is 3.48. The number of hydrogen-bond donors (Lipinski definition) is 1. The van der Waals surface area contributed by atoms with Gasteiger partial charge in [-0.3, -0.25) is 4.79 Å². The smallest absolute Gasteiger partial charge is 0.139 e. The molecule has 2 fully saturated rings. The zero-order chi connectivity index (χ0) is 8.55. The number of rotatable bonds is 3. The van der Waals surface area contributed by atoms with Gasteiger partial charge in [0.2, 0.25) is 0 Å². The third-order valence-corrected chi connectivity index (χ3v) is 3.48. The molecule has 0 aromatic heterocycles. The monoisotopic (exact) mass is 167 g/mol. The van der Waals surface area contributed by atoms with Gasteiger partial charge < -0.3 is 5.32 Å². The summed E-state index contributed by atoms with van der Waals surface area (Å²) in [6.07, 6.45) is 3.58. The van der Waals surface area contributed by atoms with Crippen LogP contribution in [-0.2, 0) is 4.79 Å². The molecule has 2 nitrogen and oxygen atoms in total. The van der Waals surface area contributed by atoms with Gasteiger partial charge in [-0.05, 0) is 31.8 Å². The lowest BCUT2D eigenvalue weighted by Gasteiger charge is -2.35. The van der Waals surface area contributed by atoms with Crippen molar-refractivity contribution in [1.29, 1.82) is 0 Å². The van der Waals surface area contributed by atoms with E-state index in [-0.39, 0.29) is 0 Å². The fourth-order valence-electron chi connectivity index (χ4n) is 1.96. The maximum Gasteiger partial charge on any atom is 0.139 e. The number of nitrogens with one attached hydrogen (secondary N) is 1. The summed E-state index contributed by atoms with van der Waals surface area (Å²) in [6, 6.07) is 0. The molecule has 1 unspecified atom stereocenters. The number of carbonyl (C=O) groups excluding carboxylic acids is 1. The van der Waals surface area contributed by atoms with Crippen LogP contribution in [0.4, 0.5) is 0 Å². The Morgan fingerprint density at radius 3 is 2.42 bits per heavy atom. The second-order valence-corrected chi connectivity index (χ2v) is 4.24. The highest BCUT2D eigenvalue weighted by atomic mass is 16.1. The molecule has 0 bridgehead atoms. The van der Waals surface area contributed by atoms with E-state index in [1.165, 1.54) is 6.42 Å². The molecule has 0 radical (unpaired) electrons. The number of Topliss-reactive ketones (excluding diaryl/α,β-unsaturated/α-hetero) is 1. The molecule has 1 aliphatic carbocycles. The molecule has 12 heavy (non-hydrogen) atoms. The normalized spacial score (nSPS) is 27.4. The maximum atomic E-state index is 11.7. The molecule has 1 saturated heterocycles. The molecule has 2 rings (SSSR count). The molecule has 1 N–H and O–H groups in total. The first-order valence-electron chi connectivity index (χ1n) is 5.03. The molecule has 1 aliphatic heterocycles. The average molecular weight is 167 g/mol. The minimum atomic E-state index is 0.316. The fourth-order valence-corrected chi connectivity index (χ4v) is 1.96. The van der Waals surface area contributed by atoms with Gasteiger partial charge in [0.15, 0.2) is 0 Å². The summed E-state index contributed by atoms with van der Waals surface area (Å²) in [5.74, 6) is 1.92. The van der Waals surface area contributed by atoms with Crippen LogP contribution in [0.3, 0.4) is 0 Å². The van der Waals surface area contributed by atoms with Crippen LogP contribution >= 0.6 is 0 Å². The van der Waals surface area contributed by atoms with Gasteiger partial charge in [0.25, 0.3) is 0 Å². The van der Waals surface area contributed by atoms with Crippen LogP contribution in [0.5, 0.6) is 0 Å². The van der Waals surface area contributed by atoms with E-state index in [9.17, 15) is 4.79 Å². The number of hydrogen-bond acceptors (Lipinski definition) is 2. The Bertz CT molecular complexity index is 182. The van der Waals surface area contributed by atoms with Crippen LogP contribution < -0.4 is 5.32 Å². The second kappa shape index (κ2) is 3.17. The Labute approximate surface area is 73.7 Å². The molecule has 2 aliphatic rings. The lowest BCUT2D eigenvalue weighted by Crippen LogP contribution is -2.48. The van der Waals surface area contributed by atoms with Crippen molar-refractivity contribution < 1.29 is 4.79 Å². The molecule has 1 saturated carbocycles. The molecule has 0 amide bonds. The van der Waals surface area contributed by atoms with Crippen LogP contribution in [0, 0.1) is 17.8 Å². The molecular formula is C10H17NO. The van der Waals surface area contributed by atoms with Crippen LogP contribution in [-0.4, -0.2) is 18.9 Å². The summed E-state index contributed by atoms with van der Waals surface area (Å²) >= 11 is 0. The van der Waals surface area contributed by atoms with Crippen molar-refractivity contribution in [1.82, 2.24) is 5.32 Å². The highest BCUT2D eigenvalue weighted by molar-refractivity contribution is 5.84. The Morgan fingerprint density at radius 2 is 2.08 bits per heavy atom. The highest BCUT2D eigenvalue weighted by Gasteiger charge is 2.34. The average Bonchev–Trinajstić information content (AvgIpc) is 1.79. The van der Waals surface area contributed by atoms with Crippen molar-refractivity contribution in [2.45, 2.75) is 26.2 Å². The Hall–Kier alpha value is -0.370. The van der Waals surface area contributed by atoms with E-state index in [1.807, 2.05) is 0 Å². The van der Waals surface area contributed by atoms with E-state index in [4.69, 9.17) is 0 Å². The molecule has 0 aromatic rings. The van der Waals surface area contributed by atoms with Crippen molar-refractivity contribution >= 4 is 5.78 Å². The first-order chi connectivity index (χ1) is 5.79. The van der Waals surface area contributed by atoms with Gasteiger partial charge in [0.1, 0.15) is 5.78 Å². The van der Waals surface area contributed by atoms with E-state index < -0.39 is 0 Å². The van der Waals surface area contributed by atoms with Crippen LogP contribution in [0.25, 0.3) is 0 Å². The van der Waals surface area contributed by atoms with E-state index in [0.717, 1.165) is 25.9 Å². The summed E-state index contributed by atoms with van der Waals surface area (Å²) in [5.41, 5.74) is 0. The van der Waals surface area contributed by atoms with Gasteiger partial charge in [-0.1, -0.05) is 13.3 Å². The topological polar surface area (TPSA) is 29.1 Å². The van der Waals surface area contributed by atoms with Crippen molar-refractivity contribution in [3.63, 3.8) is 0 Å². The molecule has 2 heteroatoms. The van der Waals surface area contributed by atoms with Gasteiger partial charge in [0.05, 0.1) is 0 Å².